The first-order chi connectivity index (χ1) is 11.7. The zero-order valence-electron chi connectivity index (χ0n) is 13.5. The molecule has 24 heavy (non-hydrogen) atoms. The predicted molar refractivity (Wildman–Crippen MR) is 88.3 cm³/mol. The van der Waals surface area contributed by atoms with Crippen molar-refractivity contribution in [1.82, 2.24) is 10.2 Å². The molecule has 6 nitrogen and oxygen atoms in total. The number of hydrogen-bond acceptors (Lipinski definition) is 4. The molecule has 1 aliphatic carbocycles. The second kappa shape index (κ2) is 6.26. The lowest BCUT2D eigenvalue weighted by Crippen LogP contribution is -2.45. The molecule has 0 unspecified atom stereocenters. The van der Waals surface area contributed by atoms with Crippen LogP contribution in [0, 0.1) is 5.92 Å². The molecule has 126 valence electrons. The van der Waals surface area contributed by atoms with Crippen molar-refractivity contribution >= 4 is 17.5 Å². The van der Waals surface area contributed by atoms with E-state index in [0.29, 0.717) is 25.2 Å². The summed E-state index contributed by atoms with van der Waals surface area (Å²) in [6, 6.07) is 9.97. The maximum absolute atomic E-state index is 12.5. The van der Waals surface area contributed by atoms with Crippen molar-refractivity contribution < 1.29 is 14.4 Å². The Morgan fingerprint density at radius 2 is 2.00 bits per heavy atom. The van der Waals surface area contributed by atoms with E-state index in [9.17, 15) is 9.59 Å². The zero-order chi connectivity index (χ0) is 16.5. The Balaban J connectivity index is 1.36. The number of nitrogens with one attached hydrogen (secondary N) is 1. The first-order valence-corrected chi connectivity index (χ1v) is 8.57. The number of likely N-dealkylation sites (tertiary alicyclic amines) is 1. The van der Waals surface area contributed by atoms with E-state index in [-0.39, 0.29) is 29.9 Å². The molecule has 1 N–H and O–H groups in total. The normalized spacial score (nSPS) is 25.5. The summed E-state index contributed by atoms with van der Waals surface area (Å²) in [5.74, 6) is -0.174. The molecule has 0 bridgehead atoms. The van der Waals surface area contributed by atoms with E-state index < -0.39 is 0 Å². The van der Waals surface area contributed by atoms with Crippen LogP contribution in [-0.2, 0) is 20.8 Å². The van der Waals surface area contributed by atoms with Gasteiger partial charge in [0.25, 0.3) is 5.91 Å². The van der Waals surface area contributed by atoms with E-state index in [1.807, 2.05) is 30.3 Å². The van der Waals surface area contributed by atoms with Crippen LogP contribution in [-0.4, -0.2) is 47.7 Å². The Morgan fingerprint density at radius 1 is 1.21 bits per heavy atom. The van der Waals surface area contributed by atoms with Crippen molar-refractivity contribution in [1.29, 1.82) is 0 Å². The van der Waals surface area contributed by atoms with Crippen molar-refractivity contribution in [3.05, 3.63) is 35.9 Å². The fraction of sp³-hybridized carbons (Fsp3) is 0.500. The monoisotopic (exact) mass is 327 g/mol. The van der Waals surface area contributed by atoms with Crippen LogP contribution >= 0.6 is 0 Å². The number of carbonyl (C=O) groups is 2. The number of rotatable bonds is 4. The van der Waals surface area contributed by atoms with Gasteiger partial charge in [-0.2, -0.15) is 0 Å². The van der Waals surface area contributed by atoms with Crippen LogP contribution in [0.15, 0.2) is 35.5 Å². The molecule has 2 atom stereocenters. The minimum atomic E-state index is -0.188. The lowest BCUT2D eigenvalue weighted by atomic mass is 9.92. The topological polar surface area (TPSA) is 71.0 Å². The Kier molecular flexibility index (Phi) is 3.96. The van der Waals surface area contributed by atoms with Gasteiger partial charge in [-0.05, 0) is 24.8 Å². The molecule has 2 fully saturated rings. The van der Waals surface area contributed by atoms with Crippen LogP contribution in [0.1, 0.15) is 24.8 Å². The molecule has 2 aliphatic heterocycles. The van der Waals surface area contributed by atoms with Crippen LogP contribution < -0.4 is 5.32 Å². The fourth-order valence-electron chi connectivity index (χ4n) is 3.44. The fourth-order valence-corrected chi connectivity index (χ4v) is 3.44. The third kappa shape index (κ3) is 2.88. The number of carbonyl (C=O) groups excluding carboxylic acids is 2. The highest BCUT2D eigenvalue weighted by molar-refractivity contribution is 6.40. The Bertz CT molecular complexity index is 669. The summed E-state index contributed by atoms with van der Waals surface area (Å²) in [6.07, 6.45) is 3.43. The SMILES string of the molecule is O=C(NC1CCC1)C1=NO[C@@H]2CN(C(=O)Cc3ccccc3)C[C@H]12. The number of hydrogen-bond donors (Lipinski definition) is 1. The summed E-state index contributed by atoms with van der Waals surface area (Å²) in [7, 11) is 0. The van der Waals surface area contributed by atoms with Crippen LogP contribution in [0.25, 0.3) is 0 Å². The van der Waals surface area contributed by atoms with E-state index >= 15 is 0 Å². The number of amides is 2. The predicted octanol–water partition coefficient (Wildman–Crippen LogP) is 1.11. The van der Waals surface area contributed by atoms with E-state index in [0.717, 1.165) is 18.4 Å². The summed E-state index contributed by atoms with van der Waals surface area (Å²) in [5.41, 5.74) is 1.44. The van der Waals surface area contributed by atoms with Crippen molar-refractivity contribution in [2.45, 2.75) is 37.8 Å². The van der Waals surface area contributed by atoms with E-state index in [2.05, 4.69) is 10.5 Å². The molecule has 0 aromatic heterocycles. The number of benzene rings is 1. The van der Waals surface area contributed by atoms with Crippen molar-refractivity contribution in [3.63, 3.8) is 0 Å². The van der Waals surface area contributed by atoms with Crippen molar-refractivity contribution in [2.24, 2.45) is 11.1 Å². The van der Waals surface area contributed by atoms with Crippen LogP contribution in [0.3, 0.4) is 0 Å². The van der Waals surface area contributed by atoms with Gasteiger partial charge in [-0.3, -0.25) is 9.59 Å². The van der Waals surface area contributed by atoms with Gasteiger partial charge in [0.15, 0.2) is 11.8 Å². The zero-order valence-corrected chi connectivity index (χ0v) is 13.5. The molecule has 1 aromatic carbocycles. The summed E-state index contributed by atoms with van der Waals surface area (Å²) >= 11 is 0. The third-order valence-electron chi connectivity index (χ3n) is 5.13. The maximum atomic E-state index is 12.5. The Morgan fingerprint density at radius 3 is 2.71 bits per heavy atom. The first kappa shape index (κ1) is 15.2. The maximum Gasteiger partial charge on any atom is 0.269 e. The van der Waals surface area contributed by atoms with Gasteiger partial charge in [0.2, 0.25) is 5.91 Å². The average molecular weight is 327 g/mol. The standard InChI is InChI=1S/C18H21N3O3/c22-16(9-12-5-2-1-3-6-12)21-10-14-15(11-21)24-20-17(14)18(23)19-13-7-4-8-13/h1-3,5-6,13-15H,4,7-11H2,(H,19,23)/t14-,15+/m0/s1. The number of nitrogens with zero attached hydrogens (tertiary/aromatic N) is 2. The summed E-state index contributed by atoms with van der Waals surface area (Å²) in [5, 5.41) is 6.98. The van der Waals surface area contributed by atoms with E-state index in [4.69, 9.17) is 4.84 Å². The van der Waals surface area contributed by atoms with Gasteiger partial charge in [-0.1, -0.05) is 35.5 Å². The minimum absolute atomic E-state index is 0.0675. The smallest absolute Gasteiger partial charge is 0.269 e. The molecule has 6 heteroatoms. The van der Waals surface area contributed by atoms with Crippen LogP contribution in [0.5, 0.6) is 0 Å². The van der Waals surface area contributed by atoms with Crippen molar-refractivity contribution in [2.75, 3.05) is 13.1 Å². The van der Waals surface area contributed by atoms with Gasteiger partial charge < -0.3 is 15.1 Å². The molecule has 1 saturated carbocycles. The van der Waals surface area contributed by atoms with E-state index in [1.54, 1.807) is 4.90 Å². The highest BCUT2D eigenvalue weighted by atomic mass is 16.6. The van der Waals surface area contributed by atoms with Gasteiger partial charge in [0.05, 0.1) is 18.9 Å². The first-order valence-electron chi connectivity index (χ1n) is 8.57. The van der Waals surface area contributed by atoms with Gasteiger partial charge in [-0.25, -0.2) is 0 Å². The molecular formula is C18H21N3O3. The molecule has 2 heterocycles. The third-order valence-corrected chi connectivity index (χ3v) is 5.13. The molecule has 1 saturated heterocycles. The van der Waals surface area contributed by atoms with E-state index in [1.165, 1.54) is 6.42 Å². The second-order valence-corrected chi connectivity index (χ2v) is 6.79. The van der Waals surface area contributed by atoms with Gasteiger partial charge in [0, 0.05) is 12.6 Å². The summed E-state index contributed by atoms with van der Waals surface area (Å²) in [4.78, 5) is 32.0. The molecule has 0 spiro atoms. The molecular weight excluding hydrogens is 306 g/mol. The quantitative estimate of drug-likeness (QED) is 0.900. The lowest BCUT2D eigenvalue weighted by molar-refractivity contribution is -0.130. The largest absolute Gasteiger partial charge is 0.389 e. The van der Waals surface area contributed by atoms with Crippen LogP contribution in [0.2, 0.25) is 0 Å². The van der Waals surface area contributed by atoms with Crippen LogP contribution in [0.4, 0.5) is 0 Å². The summed E-state index contributed by atoms with van der Waals surface area (Å²) in [6.45, 7) is 1.01. The second-order valence-electron chi connectivity index (χ2n) is 6.79. The average Bonchev–Trinajstić information content (AvgIpc) is 3.12. The van der Waals surface area contributed by atoms with Gasteiger partial charge in [0.1, 0.15) is 0 Å². The Labute approximate surface area is 140 Å². The molecule has 4 rings (SSSR count). The molecule has 0 radical (unpaired) electrons. The molecule has 1 aromatic rings. The highest BCUT2D eigenvalue weighted by Crippen LogP contribution is 2.28. The van der Waals surface area contributed by atoms with Gasteiger partial charge >= 0.3 is 0 Å². The number of fused-ring (bicyclic) bond motifs is 1. The summed E-state index contributed by atoms with van der Waals surface area (Å²) < 4.78 is 0. The minimum Gasteiger partial charge on any atom is -0.389 e. The van der Waals surface area contributed by atoms with Crippen molar-refractivity contribution in [3.8, 4) is 0 Å². The lowest BCUT2D eigenvalue weighted by Gasteiger charge is -2.26. The molecule has 2 amide bonds. The number of oxime groups is 1. The molecule has 3 aliphatic rings. The highest BCUT2D eigenvalue weighted by Gasteiger charge is 2.46. The Hall–Kier alpha value is -2.37. The van der Waals surface area contributed by atoms with Gasteiger partial charge in [-0.15, -0.1) is 0 Å².